The number of hydrogen-bond donors (Lipinski definition) is 1. The van der Waals surface area contributed by atoms with Gasteiger partial charge in [-0.2, -0.15) is 5.10 Å². The van der Waals surface area contributed by atoms with E-state index in [4.69, 9.17) is 0 Å². The van der Waals surface area contributed by atoms with Crippen LogP contribution in [0, 0.1) is 6.92 Å². The summed E-state index contributed by atoms with van der Waals surface area (Å²) in [6.45, 7) is 3.85. The molecule has 0 aliphatic heterocycles. The van der Waals surface area contributed by atoms with Gasteiger partial charge < -0.3 is 5.11 Å². The summed E-state index contributed by atoms with van der Waals surface area (Å²) in [5.74, 6) is 0. The van der Waals surface area contributed by atoms with E-state index in [0.717, 1.165) is 13.0 Å². The molecular formula is C18H25N3O. The molecule has 1 aliphatic carbocycles. The second-order valence-corrected chi connectivity index (χ2v) is 6.18. The summed E-state index contributed by atoms with van der Waals surface area (Å²) < 4.78 is 1.92. The Kier molecular flexibility index (Phi) is 4.60. The lowest BCUT2D eigenvalue weighted by Gasteiger charge is -2.35. The van der Waals surface area contributed by atoms with Crippen LogP contribution in [0.15, 0.2) is 30.5 Å². The molecule has 1 aromatic carbocycles. The average Bonchev–Trinajstić information content (AvgIpc) is 2.86. The molecule has 1 aliphatic rings. The number of fused-ring (bicyclic) bond motifs is 1. The monoisotopic (exact) mass is 299 g/mol. The molecule has 0 fully saturated rings. The van der Waals surface area contributed by atoms with Gasteiger partial charge in [0.1, 0.15) is 0 Å². The highest BCUT2D eigenvalue weighted by Crippen LogP contribution is 2.35. The molecule has 0 saturated carbocycles. The van der Waals surface area contributed by atoms with Gasteiger partial charge in [0, 0.05) is 37.4 Å². The third kappa shape index (κ3) is 2.94. The Morgan fingerprint density at radius 2 is 2.18 bits per heavy atom. The molecule has 118 valence electrons. The molecule has 0 amide bonds. The fourth-order valence-electron chi connectivity index (χ4n) is 3.50. The van der Waals surface area contributed by atoms with Crippen molar-refractivity contribution in [2.24, 2.45) is 7.05 Å². The number of benzene rings is 1. The van der Waals surface area contributed by atoms with E-state index in [2.05, 4.69) is 41.2 Å². The van der Waals surface area contributed by atoms with Crippen LogP contribution >= 0.6 is 0 Å². The van der Waals surface area contributed by atoms with Crippen LogP contribution in [-0.2, 0) is 20.0 Å². The Morgan fingerprint density at radius 1 is 1.36 bits per heavy atom. The summed E-state index contributed by atoms with van der Waals surface area (Å²) in [5.41, 5.74) is 5.35. The normalized spacial score (nSPS) is 17.7. The minimum Gasteiger partial charge on any atom is -0.395 e. The van der Waals surface area contributed by atoms with Gasteiger partial charge >= 0.3 is 0 Å². The van der Waals surface area contributed by atoms with E-state index >= 15 is 0 Å². The van der Waals surface area contributed by atoms with Crippen molar-refractivity contribution in [1.82, 2.24) is 14.7 Å². The molecule has 4 heteroatoms. The average molecular weight is 299 g/mol. The zero-order chi connectivity index (χ0) is 15.5. The first-order valence-corrected chi connectivity index (χ1v) is 8.11. The van der Waals surface area contributed by atoms with Crippen molar-refractivity contribution >= 4 is 0 Å². The number of aliphatic hydroxyl groups excluding tert-OH is 1. The molecular weight excluding hydrogens is 274 g/mol. The first-order valence-electron chi connectivity index (χ1n) is 8.11. The Hall–Kier alpha value is -1.65. The van der Waals surface area contributed by atoms with Crippen molar-refractivity contribution in [1.29, 1.82) is 0 Å². The number of rotatable bonds is 5. The molecule has 2 aromatic rings. The van der Waals surface area contributed by atoms with Crippen LogP contribution in [0.4, 0.5) is 0 Å². The molecule has 0 bridgehead atoms. The molecule has 1 aromatic heterocycles. The van der Waals surface area contributed by atoms with E-state index in [1.54, 1.807) is 0 Å². The van der Waals surface area contributed by atoms with E-state index < -0.39 is 0 Å². The van der Waals surface area contributed by atoms with E-state index in [1.165, 1.54) is 35.2 Å². The van der Waals surface area contributed by atoms with Gasteiger partial charge in [-0.3, -0.25) is 9.58 Å². The molecule has 4 nitrogen and oxygen atoms in total. The maximum absolute atomic E-state index is 9.51. The Bertz CT molecular complexity index is 635. The van der Waals surface area contributed by atoms with E-state index in [1.807, 2.05) is 17.9 Å². The Labute approximate surface area is 132 Å². The quantitative estimate of drug-likeness (QED) is 0.922. The van der Waals surface area contributed by atoms with Gasteiger partial charge in [0.15, 0.2) is 0 Å². The molecule has 1 heterocycles. The lowest BCUT2D eigenvalue weighted by molar-refractivity contribution is 0.131. The third-order valence-electron chi connectivity index (χ3n) is 4.88. The van der Waals surface area contributed by atoms with Gasteiger partial charge in [-0.25, -0.2) is 0 Å². The lowest BCUT2D eigenvalue weighted by Crippen LogP contribution is -2.33. The van der Waals surface area contributed by atoms with Crippen LogP contribution in [-0.4, -0.2) is 32.9 Å². The molecule has 0 radical (unpaired) electrons. The molecule has 0 spiro atoms. The van der Waals surface area contributed by atoms with Crippen LogP contribution in [0.3, 0.4) is 0 Å². The molecule has 1 unspecified atom stereocenters. The van der Waals surface area contributed by atoms with Crippen molar-refractivity contribution in [3.8, 4) is 0 Å². The summed E-state index contributed by atoms with van der Waals surface area (Å²) in [5, 5.41) is 13.9. The highest BCUT2D eigenvalue weighted by molar-refractivity contribution is 5.32. The van der Waals surface area contributed by atoms with Crippen molar-refractivity contribution in [2.45, 2.75) is 38.8 Å². The highest BCUT2D eigenvalue weighted by atomic mass is 16.3. The number of hydrogen-bond acceptors (Lipinski definition) is 3. The molecule has 1 atom stereocenters. The predicted molar refractivity (Wildman–Crippen MR) is 87.6 cm³/mol. The first kappa shape index (κ1) is 15.3. The Balaban J connectivity index is 1.87. The summed E-state index contributed by atoms with van der Waals surface area (Å²) in [4.78, 5) is 2.40. The number of nitrogens with zero attached hydrogens (tertiary/aromatic N) is 3. The van der Waals surface area contributed by atoms with Crippen molar-refractivity contribution in [3.63, 3.8) is 0 Å². The highest BCUT2D eigenvalue weighted by Gasteiger charge is 2.26. The minimum absolute atomic E-state index is 0.192. The zero-order valence-corrected chi connectivity index (χ0v) is 13.5. The number of aryl methyl sites for hydroxylation is 2. The van der Waals surface area contributed by atoms with Crippen LogP contribution < -0.4 is 0 Å². The van der Waals surface area contributed by atoms with Crippen LogP contribution in [0.2, 0.25) is 0 Å². The summed E-state index contributed by atoms with van der Waals surface area (Å²) in [7, 11) is 1.98. The maximum atomic E-state index is 9.51. The summed E-state index contributed by atoms with van der Waals surface area (Å²) >= 11 is 0. The van der Waals surface area contributed by atoms with Gasteiger partial charge in [0.2, 0.25) is 0 Å². The fourth-order valence-corrected chi connectivity index (χ4v) is 3.50. The first-order chi connectivity index (χ1) is 10.7. The molecule has 22 heavy (non-hydrogen) atoms. The number of aliphatic hydroxyl groups is 1. The van der Waals surface area contributed by atoms with Gasteiger partial charge in [0.05, 0.1) is 12.8 Å². The number of aromatic nitrogens is 2. The van der Waals surface area contributed by atoms with Gasteiger partial charge in [-0.15, -0.1) is 0 Å². The van der Waals surface area contributed by atoms with Crippen molar-refractivity contribution in [2.75, 3.05) is 13.2 Å². The summed E-state index contributed by atoms with van der Waals surface area (Å²) in [6.07, 6.45) is 5.51. The SMILES string of the molecule is Cc1c(CN(CCO)C2CCCc3ccccc32)cnn1C. The van der Waals surface area contributed by atoms with E-state index in [0.29, 0.717) is 12.6 Å². The largest absolute Gasteiger partial charge is 0.395 e. The molecule has 1 N–H and O–H groups in total. The standard InChI is InChI=1S/C18H25N3O/c1-14-16(12-19-20(14)2)13-21(10-11-22)18-9-5-7-15-6-3-4-8-17(15)18/h3-4,6,8,12,18,22H,5,7,9-11,13H2,1-2H3. The third-order valence-corrected chi connectivity index (χ3v) is 4.88. The fraction of sp³-hybridized carbons (Fsp3) is 0.500. The van der Waals surface area contributed by atoms with Crippen LogP contribution in [0.25, 0.3) is 0 Å². The van der Waals surface area contributed by atoms with Crippen molar-refractivity contribution < 1.29 is 5.11 Å². The molecule has 3 rings (SSSR count). The smallest absolute Gasteiger partial charge is 0.0558 e. The minimum atomic E-state index is 0.192. The zero-order valence-electron chi connectivity index (χ0n) is 13.5. The maximum Gasteiger partial charge on any atom is 0.0558 e. The van der Waals surface area contributed by atoms with Crippen LogP contribution in [0.1, 0.15) is 41.3 Å². The second kappa shape index (κ2) is 6.63. The Morgan fingerprint density at radius 3 is 2.91 bits per heavy atom. The van der Waals surface area contributed by atoms with Gasteiger partial charge in [-0.05, 0) is 37.3 Å². The van der Waals surface area contributed by atoms with Gasteiger partial charge in [0.25, 0.3) is 0 Å². The van der Waals surface area contributed by atoms with Gasteiger partial charge in [-0.1, -0.05) is 24.3 Å². The second-order valence-electron chi connectivity index (χ2n) is 6.18. The van der Waals surface area contributed by atoms with E-state index in [-0.39, 0.29) is 6.61 Å². The lowest BCUT2D eigenvalue weighted by atomic mass is 9.86. The molecule has 0 saturated heterocycles. The van der Waals surface area contributed by atoms with Crippen molar-refractivity contribution in [3.05, 3.63) is 52.8 Å². The topological polar surface area (TPSA) is 41.3 Å². The van der Waals surface area contributed by atoms with Crippen LogP contribution in [0.5, 0.6) is 0 Å². The predicted octanol–water partition coefficient (Wildman–Crippen LogP) is 2.60. The van der Waals surface area contributed by atoms with E-state index in [9.17, 15) is 5.11 Å². The summed E-state index contributed by atoms with van der Waals surface area (Å²) in [6, 6.07) is 9.15.